The summed E-state index contributed by atoms with van der Waals surface area (Å²) in [6, 6.07) is 0. The number of carbonyl (C=O) groups is 2. The molecular weight excluding hydrogens is 203 g/mol. The highest BCUT2D eigenvalue weighted by Gasteiger charge is 2.29. The molecule has 0 heterocycles. The molecule has 6 heteroatoms. The van der Waals surface area contributed by atoms with Gasteiger partial charge in [0, 0.05) is 0 Å². The van der Waals surface area contributed by atoms with Crippen molar-refractivity contribution in [2.45, 2.75) is 0 Å². The molecule has 4 nitrogen and oxygen atoms in total. The molecule has 12 heavy (non-hydrogen) atoms. The van der Waals surface area contributed by atoms with Gasteiger partial charge in [-0.15, -0.1) is 0 Å². The lowest BCUT2D eigenvalue weighted by Gasteiger charge is -2.11. The Morgan fingerprint density at radius 1 is 0.833 bits per heavy atom. The second-order valence-electron chi connectivity index (χ2n) is 2.11. The van der Waals surface area contributed by atoms with E-state index in [1.165, 1.54) is 0 Å². The van der Waals surface area contributed by atoms with Crippen LogP contribution >= 0.6 is 23.2 Å². The second-order valence-corrected chi connectivity index (χ2v) is 2.87. The van der Waals surface area contributed by atoms with Crippen LogP contribution in [0.2, 0.25) is 0 Å². The number of carbonyl (C=O) groups excluding carboxylic acids is 2. The fourth-order valence-electron chi connectivity index (χ4n) is 0.680. The van der Waals surface area contributed by atoms with Crippen LogP contribution in [-0.2, 0) is 9.59 Å². The topological polar surface area (TPSA) is 86.2 Å². The Bertz CT molecular complexity index is 281. The van der Waals surface area contributed by atoms with Gasteiger partial charge < -0.3 is 11.5 Å². The summed E-state index contributed by atoms with van der Waals surface area (Å²) in [5, 5.41) is -0.762. The summed E-state index contributed by atoms with van der Waals surface area (Å²) in [6.45, 7) is 0. The molecule has 0 aromatic carbocycles. The second kappa shape index (κ2) is 2.80. The van der Waals surface area contributed by atoms with Gasteiger partial charge >= 0.3 is 0 Å². The molecule has 0 atom stereocenters. The zero-order valence-electron chi connectivity index (χ0n) is 5.73. The summed E-state index contributed by atoms with van der Waals surface area (Å²) in [5.74, 6) is -1.42. The van der Waals surface area contributed by atoms with E-state index in [9.17, 15) is 9.59 Å². The summed E-state index contributed by atoms with van der Waals surface area (Å²) in [4.78, 5) is 22.0. The van der Waals surface area contributed by atoms with Crippen molar-refractivity contribution in [3.8, 4) is 0 Å². The molecule has 1 rings (SSSR count). The molecular formula is C6H4Cl2N2O2. The van der Waals surface area contributed by atoms with Gasteiger partial charge in [-0.05, 0) is 0 Å². The molecule has 0 fully saturated rings. The minimum absolute atomic E-state index is 0.352. The Hall–Kier alpha value is -1.00. The molecule has 0 amide bonds. The first kappa shape index (κ1) is 9.09. The van der Waals surface area contributed by atoms with Crippen LogP contribution in [0.1, 0.15) is 0 Å². The summed E-state index contributed by atoms with van der Waals surface area (Å²) in [5.41, 5.74) is 9.64. The van der Waals surface area contributed by atoms with E-state index in [-0.39, 0.29) is 21.5 Å². The average molecular weight is 207 g/mol. The third-order valence-electron chi connectivity index (χ3n) is 1.37. The van der Waals surface area contributed by atoms with E-state index in [1.54, 1.807) is 0 Å². The van der Waals surface area contributed by atoms with Gasteiger partial charge in [0.2, 0.25) is 11.6 Å². The van der Waals surface area contributed by atoms with E-state index in [0.717, 1.165) is 0 Å². The molecule has 0 aromatic rings. The Balaban J connectivity index is 3.32. The lowest BCUT2D eigenvalue weighted by molar-refractivity contribution is -0.115. The van der Waals surface area contributed by atoms with Gasteiger partial charge in [-0.1, -0.05) is 23.2 Å². The minimum atomic E-state index is -0.709. The summed E-state index contributed by atoms with van der Waals surface area (Å²) < 4.78 is 0. The smallest absolute Gasteiger partial charge is 0.223 e. The van der Waals surface area contributed by atoms with Crippen molar-refractivity contribution in [2.75, 3.05) is 0 Å². The Labute approximate surface area is 77.8 Å². The van der Waals surface area contributed by atoms with Crippen LogP contribution in [0.4, 0.5) is 0 Å². The number of hydrogen-bond donors (Lipinski definition) is 2. The predicted molar refractivity (Wildman–Crippen MR) is 44.1 cm³/mol. The van der Waals surface area contributed by atoms with E-state index < -0.39 is 11.6 Å². The highest BCUT2D eigenvalue weighted by Crippen LogP contribution is 2.24. The average Bonchev–Trinajstić information content (AvgIpc) is 2.08. The molecule has 4 N–H and O–H groups in total. The normalized spacial score (nSPS) is 19.2. The van der Waals surface area contributed by atoms with Crippen molar-refractivity contribution in [2.24, 2.45) is 11.5 Å². The van der Waals surface area contributed by atoms with E-state index in [4.69, 9.17) is 34.7 Å². The summed E-state index contributed by atoms with van der Waals surface area (Å²) >= 11 is 10.8. The first-order valence-corrected chi connectivity index (χ1v) is 3.62. The van der Waals surface area contributed by atoms with Gasteiger partial charge in [-0.3, -0.25) is 9.59 Å². The maximum absolute atomic E-state index is 11.0. The van der Waals surface area contributed by atoms with Crippen molar-refractivity contribution >= 4 is 34.8 Å². The van der Waals surface area contributed by atoms with E-state index >= 15 is 0 Å². The minimum Gasteiger partial charge on any atom is -0.394 e. The van der Waals surface area contributed by atoms with Gasteiger partial charge in [0.05, 0.1) is 0 Å². The molecule has 0 saturated carbocycles. The van der Waals surface area contributed by atoms with Gasteiger partial charge in [0.1, 0.15) is 21.5 Å². The van der Waals surface area contributed by atoms with Crippen molar-refractivity contribution in [3.05, 3.63) is 21.5 Å². The van der Waals surface area contributed by atoms with Crippen molar-refractivity contribution in [3.63, 3.8) is 0 Å². The van der Waals surface area contributed by atoms with Gasteiger partial charge in [0.15, 0.2) is 0 Å². The molecule has 0 aromatic heterocycles. The van der Waals surface area contributed by atoms with Gasteiger partial charge in [-0.25, -0.2) is 0 Å². The van der Waals surface area contributed by atoms with Crippen LogP contribution in [0, 0.1) is 0 Å². The van der Waals surface area contributed by atoms with Crippen LogP contribution in [0.5, 0.6) is 0 Å². The molecule has 0 bridgehead atoms. The Morgan fingerprint density at radius 3 is 1.33 bits per heavy atom. The number of nitrogens with two attached hydrogens (primary N) is 2. The summed E-state index contributed by atoms with van der Waals surface area (Å²) in [7, 11) is 0. The van der Waals surface area contributed by atoms with Crippen molar-refractivity contribution in [1.29, 1.82) is 0 Å². The largest absolute Gasteiger partial charge is 0.394 e. The SMILES string of the molecule is NC1=C(N)C(=O)C(Cl)=C(Cl)C1=O. The maximum atomic E-state index is 11.0. The molecule has 0 unspecified atom stereocenters. The number of hydrogen-bond acceptors (Lipinski definition) is 4. The first-order valence-electron chi connectivity index (χ1n) is 2.86. The third-order valence-corrected chi connectivity index (χ3v) is 2.19. The standard InChI is InChI=1S/C6H4Cl2N2O2/c7-1-2(8)6(12)4(10)3(9)5(1)11/h9-10H2. The van der Waals surface area contributed by atoms with Gasteiger partial charge in [0.25, 0.3) is 0 Å². The van der Waals surface area contributed by atoms with E-state index in [0.29, 0.717) is 0 Å². The molecule has 0 spiro atoms. The number of halogens is 2. The fraction of sp³-hybridized carbons (Fsp3) is 0. The molecule has 0 aliphatic heterocycles. The van der Waals surface area contributed by atoms with Crippen LogP contribution in [0.15, 0.2) is 21.5 Å². The van der Waals surface area contributed by atoms with Gasteiger partial charge in [-0.2, -0.15) is 0 Å². The third kappa shape index (κ3) is 1.09. The Morgan fingerprint density at radius 2 is 1.08 bits per heavy atom. The van der Waals surface area contributed by atoms with Crippen LogP contribution in [-0.4, -0.2) is 11.6 Å². The lowest BCUT2D eigenvalue weighted by atomic mass is 10.1. The number of rotatable bonds is 0. The quantitative estimate of drug-likeness (QED) is 0.545. The number of Topliss-reactive ketones (excluding diaryl/α,β-unsaturated/α-hetero) is 2. The van der Waals surface area contributed by atoms with Crippen LogP contribution in [0.25, 0.3) is 0 Å². The fourth-order valence-corrected chi connectivity index (χ4v) is 1.06. The van der Waals surface area contributed by atoms with Crippen LogP contribution < -0.4 is 11.5 Å². The zero-order chi connectivity index (χ0) is 9.46. The monoisotopic (exact) mass is 206 g/mol. The van der Waals surface area contributed by atoms with E-state index in [1.807, 2.05) is 0 Å². The zero-order valence-corrected chi connectivity index (χ0v) is 7.24. The summed E-state index contributed by atoms with van der Waals surface area (Å²) in [6.07, 6.45) is 0. The maximum Gasteiger partial charge on any atom is 0.223 e. The van der Waals surface area contributed by atoms with Crippen molar-refractivity contribution < 1.29 is 9.59 Å². The molecule has 0 radical (unpaired) electrons. The molecule has 1 aliphatic carbocycles. The Kier molecular flexibility index (Phi) is 2.12. The number of allylic oxidation sites excluding steroid dienone is 2. The molecule has 64 valence electrons. The lowest BCUT2D eigenvalue weighted by Crippen LogP contribution is -2.28. The molecule has 1 aliphatic rings. The number of ketones is 2. The van der Waals surface area contributed by atoms with Crippen LogP contribution in [0.3, 0.4) is 0 Å². The first-order chi connectivity index (χ1) is 5.46. The predicted octanol–water partition coefficient (Wildman–Crippen LogP) is -0.0436. The molecule has 0 saturated heterocycles. The highest BCUT2D eigenvalue weighted by atomic mass is 35.5. The highest BCUT2D eigenvalue weighted by molar-refractivity contribution is 6.58. The van der Waals surface area contributed by atoms with E-state index in [2.05, 4.69) is 0 Å². The van der Waals surface area contributed by atoms with Crippen molar-refractivity contribution in [1.82, 2.24) is 0 Å².